The van der Waals surface area contributed by atoms with E-state index in [2.05, 4.69) is 15.8 Å². The molecule has 2 N–H and O–H groups in total. The number of benzene rings is 2. The van der Waals surface area contributed by atoms with E-state index in [0.717, 1.165) is 16.8 Å². The van der Waals surface area contributed by atoms with Gasteiger partial charge in [0, 0.05) is 10.9 Å². The molecule has 0 unspecified atom stereocenters. The Morgan fingerprint density at radius 3 is 2.41 bits per heavy atom. The van der Waals surface area contributed by atoms with Crippen molar-refractivity contribution in [1.29, 1.82) is 0 Å². The molecule has 5 heteroatoms. The first kappa shape index (κ1) is 14.3. The number of thiazole rings is 1. The van der Waals surface area contributed by atoms with E-state index in [1.165, 1.54) is 11.3 Å². The number of nitrogens with one attached hydrogen (secondary N) is 2. The van der Waals surface area contributed by atoms with Gasteiger partial charge in [-0.15, -0.1) is 11.3 Å². The van der Waals surface area contributed by atoms with Crippen molar-refractivity contribution >= 4 is 22.4 Å². The maximum absolute atomic E-state index is 11.9. The Hall–Kier alpha value is -2.66. The highest BCUT2D eigenvalue weighted by Gasteiger charge is 2.06. The van der Waals surface area contributed by atoms with Gasteiger partial charge in [0.15, 0.2) is 0 Å². The Morgan fingerprint density at radius 1 is 1.00 bits per heavy atom. The zero-order valence-electron chi connectivity index (χ0n) is 11.8. The average molecular weight is 309 g/mol. The standard InChI is InChI=1S/C17H15N3OS/c21-16(11-13-7-3-1-4-8-13)19-20-17-18-15(12-22-17)14-9-5-2-6-10-14/h1-10,12H,11H2,(H,18,20)(H,19,21). The molecule has 110 valence electrons. The number of hydrogen-bond donors (Lipinski definition) is 2. The van der Waals surface area contributed by atoms with Crippen LogP contribution in [0.1, 0.15) is 5.56 Å². The molecule has 0 aliphatic rings. The van der Waals surface area contributed by atoms with Gasteiger partial charge in [-0.05, 0) is 5.56 Å². The predicted octanol–water partition coefficient (Wildman–Crippen LogP) is 3.50. The quantitative estimate of drug-likeness (QED) is 0.709. The van der Waals surface area contributed by atoms with E-state index >= 15 is 0 Å². The molecule has 1 heterocycles. The van der Waals surface area contributed by atoms with Gasteiger partial charge in [-0.2, -0.15) is 0 Å². The number of amides is 1. The van der Waals surface area contributed by atoms with Gasteiger partial charge in [0.1, 0.15) is 0 Å². The van der Waals surface area contributed by atoms with Crippen LogP contribution in [0.5, 0.6) is 0 Å². The summed E-state index contributed by atoms with van der Waals surface area (Å²) in [5, 5.41) is 2.63. The minimum atomic E-state index is -0.0948. The molecular formula is C17H15N3OS. The van der Waals surface area contributed by atoms with Crippen molar-refractivity contribution in [3.63, 3.8) is 0 Å². The van der Waals surface area contributed by atoms with Crippen LogP contribution >= 0.6 is 11.3 Å². The van der Waals surface area contributed by atoms with E-state index in [4.69, 9.17) is 0 Å². The topological polar surface area (TPSA) is 54.0 Å². The van der Waals surface area contributed by atoms with Crippen LogP contribution in [0.2, 0.25) is 0 Å². The Balaban J connectivity index is 1.56. The molecule has 2 aromatic carbocycles. The van der Waals surface area contributed by atoms with Crippen LogP contribution in [-0.2, 0) is 11.2 Å². The van der Waals surface area contributed by atoms with Crippen molar-refractivity contribution in [3.8, 4) is 11.3 Å². The van der Waals surface area contributed by atoms with E-state index in [0.29, 0.717) is 11.6 Å². The largest absolute Gasteiger partial charge is 0.273 e. The monoisotopic (exact) mass is 309 g/mol. The summed E-state index contributed by atoms with van der Waals surface area (Å²) in [6.07, 6.45) is 0.338. The fraction of sp³-hybridized carbons (Fsp3) is 0.0588. The number of carbonyl (C=O) groups is 1. The molecule has 0 bridgehead atoms. The van der Waals surface area contributed by atoms with Gasteiger partial charge in [-0.25, -0.2) is 4.98 Å². The summed E-state index contributed by atoms with van der Waals surface area (Å²) in [6.45, 7) is 0. The third kappa shape index (κ3) is 3.71. The highest BCUT2D eigenvalue weighted by molar-refractivity contribution is 7.14. The van der Waals surface area contributed by atoms with Crippen molar-refractivity contribution in [2.24, 2.45) is 0 Å². The molecule has 1 amide bonds. The summed E-state index contributed by atoms with van der Waals surface area (Å²) in [7, 11) is 0. The highest BCUT2D eigenvalue weighted by atomic mass is 32.1. The molecule has 0 radical (unpaired) electrons. The van der Waals surface area contributed by atoms with Crippen LogP contribution in [0.15, 0.2) is 66.0 Å². The second-order valence-corrected chi connectivity index (χ2v) is 5.60. The minimum Gasteiger partial charge on any atom is -0.273 e. The minimum absolute atomic E-state index is 0.0948. The van der Waals surface area contributed by atoms with Gasteiger partial charge in [0.25, 0.3) is 0 Å². The van der Waals surface area contributed by atoms with Crippen molar-refractivity contribution in [2.45, 2.75) is 6.42 Å². The smallest absolute Gasteiger partial charge is 0.242 e. The summed E-state index contributed by atoms with van der Waals surface area (Å²) in [5.41, 5.74) is 8.46. The Bertz CT molecular complexity index is 741. The molecule has 1 aromatic heterocycles. The first-order valence-corrected chi connectivity index (χ1v) is 7.79. The molecule has 0 saturated heterocycles. The number of rotatable bonds is 5. The zero-order valence-corrected chi connectivity index (χ0v) is 12.6. The Labute approximate surface area is 132 Å². The number of carbonyl (C=O) groups excluding carboxylic acids is 1. The first-order chi connectivity index (χ1) is 10.8. The van der Waals surface area contributed by atoms with Gasteiger partial charge >= 0.3 is 0 Å². The molecule has 3 aromatic rings. The lowest BCUT2D eigenvalue weighted by Crippen LogP contribution is -2.30. The molecule has 0 aliphatic heterocycles. The van der Waals surface area contributed by atoms with Crippen LogP contribution < -0.4 is 10.9 Å². The number of hydrogen-bond acceptors (Lipinski definition) is 4. The third-order valence-corrected chi connectivity index (χ3v) is 3.85. The van der Waals surface area contributed by atoms with Crippen LogP contribution in [0.3, 0.4) is 0 Å². The SMILES string of the molecule is O=C(Cc1ccccc1)NNc1nc(-c2ccccc2)cs1. The average Bonchev–Trinajstić information content (AvgIpc) is 3.04. The van der Waals surface area contributed by atoms with E-state index < -0.39 is 0 Å². The lowest BCUT2D eigenvalue weighted by Gasteiger charge is -2.05. The van der Waals surface area contributed by atoms with E-state index in [-0.39, 0.29) is 5.91 Å². The van der Waals surface area contributed by atoms with Gasteiger partial charge in [0.05, 0.1) is 12.1 Å². The van der Waals surface area contributed by atoms with Crippen LogP contribution in [0, 0.1) is 0 Å². The van der Waals surface area contributed by atoms with Crippen molar-refractivity contribution < 1.29 is 4.79 Å². The fourth-order valence-corrected chi connectivity index (χ4v) is 2.69. The van der Waals surface area contributed by atoms with Crippen LogP contribution in [0.4, 0.5) is 5.13 Å². The van der Waals surface area contributed by atoms with Gasteiger partial charge in [-0.1, -0.05) is 60.7 Å². The second-order valence-electron chi connectivity index (χ2n) is 4.74. The molecule has 0 atom stereocenters. The molecular weight excluding hydrogens is 294 g/mol. The molecule has 0 fully saturated rings. The maximum Gasteiger partial charge on any atom is 0.242 e. The summed E-state index contributed by atoms with van der Waals surface area (Å²) in [6, 6.07) is 19.6. The normalized spacial score (nSPS) is 10.2. The predicted molar refractivity (Wildman–Crippen MR) is 89.5 cm³/mol. The first-order valence-electron chi connectivity index (χ1n) is 6.91. The van der Waals surface area contributed by atoms with Crippen molar-refractivity contribution in [1.82, 2.24) is 10.4 Å². The van der Waals surface area contributed by atoms with Gasteiger partial charge < -0.3 is 0 Å². The van der Waals surface area contributed by atoms with Crippen LogP contribution in [0.25, 0.3) is 11.3 Å². The zero-order chi connectivity index (χ0) is 15.2. The van der Waals surface area contributed by atoms with Gasteiger partial charge in [-0.3, -0.25) is 15.6 Å². The molecule has 22 heavy (non-hydrogen) atoms. The van der Waals surface area contributed by atoms with E-state index in [1.807, 2.05) is 66.0 Å². The third-order valence-electron chi connectivity index (χ3n) is 3.09. The molecule has 0 spiro atoms. The highest BCUT2D eigenvalue weighted by Crippen LogP contribution is 2.23. The van der Waals surface area contributed by atoms with E-state index in [1.54, 1.807) is 0 Å². The van der Waals surface area contributed by atoms with Crippen molar-refractivity contribution in [2.75, 3.05) is 5.43 Å². The molecule has 0 saturated carbocycles. The molecule has 0 aliphatic carbocycles. The van der Waals surface area contributed by atoms with Gasteiger partial charge in [0.2, 0.25) is 11.0 Å². The van der Waals surface area contributed by atoms with E-state index in [9.17, 15) is 4.79 Å². The summed E-state index contributed by atoms with van der Waals surface area (Å²) >= 11 is 1.46. The second kappa shape index (κ2) is 6.87. The number of aromatic nitrogens is 1. The summed E-state index contributed by atoms with van der Waals surface area (Å²) < 4.78 is 0. The molecule has 4 nitrogen and oxygen atoms in total. The Morgan fingerprint density at radius 2 is 1.68 bits per heavy atom. The Kier molecular flexibility index (Phi) is 4.46. The number of hydrazine groups is 1. The molecule has 3 rings (SSSR count). The number of nitrogens with zero attached hydrogens (tertiary/aromatic N) is 1. The fourth-order valence-electron chi connectivity index (χ4n) is 2.02. The maximum atomic E-state index is 11.9. The lowest BCUT2D eigenvalue weighted by atomic mass is 10.1. The summed E-state index contributed by atoms with van der Waals surface area (Å²) in [5.74, 6) is -0.0948. The van der Waals surface area contributed by atoms with Crippen molar-refractivity contribution in [3.05, 3.63) is 71.6 Å². The lowest BCUT2D eigenvalue weighted by molar-refractivity contribution is -0.119. The van der Waals surface area contributed by atoms with Crippen LogP contribution in [-0.4, -0.2) is 10.9 Å². The summed E-state index contributed by atoms with van der Waals surface area (Å²) in [4.78, 5) is 16.3. The number of anilines is 1.